The molecule has 2 N–H and O–H groups in total. The Labute approximate surface area is 175 Å². The van der Waals surface area contributed by atoms with Gasteiger partial charge in [-0.05, 0) is 25.5 Å². The van der Waals surface area contributed by atoms with Crippen molar-refractivity contribution in [2.75, 3.05) is 31.1 Å². The van der Waals surface area contributed by atoms with Crippen LogP contribution in [0.15, 0.2) is 36.4 Å². The highest BCUT2D eigenvalue weighted by atomic mass is 16.5. The van der Waals surface area contributed by atoms with Crippen molar-refractivity contribution in [3.63, 3.8) is 0 Å². The number of amides is 2. The number of pyridine rings is 1. The number of carbonyl (C=O) groups excluding carboxylic acids is 2. The summed E-state index contributed by atoms with van der Waals surface area (Å²) in [5.74, 6) is 0.358. The first-order valence-electron chi connectivity index (χ1n) is 9.91. The number of esters is 1. The van der Waals surface area contributed by atoms with E-state index < -0.39 is 5.97 Å². The van der Waals surface area contributed by atoms with Crippen molar-refractivity contribution in [1.29, 1.82) is 5.26 Å². The molecule has 0 saturated carbocycles. The van der Waals surface area contributed by atoms with Gasteiger partial charge in [0.1, 0.15) is 11.9 Å². The summed E-state index contributed by atoms with van der Waals surface area (Å²) < 4.78 is 5.02. The minimum Gasteiger partial charge on any atom is -0.462 e. The maximum absolute atomic E-state index is 12.0. The van der Waals surface area contributed by atoms with Gasteiger partial charge in [0, 0.05) is 32.1 Å². The number of nitriles is 1. The van der Waals surface area contributed by atoms with Crippen molar-refractivity contribution in [3.05, 3.63) is 58.8 Å². The van der Waals surface area contributed by atoms with Gasteiger partial charge < -0.3 is 20.3 Å². The average molecular weight is 407 g/mol. The molecule has 1 aromatic carbocycles. The molecular weight excluding hydrogens is 382 g/mol. The first kappa shape index (κ1) is 21.1. The van der Waals surface area contributed by atoms with Gasteiger partial charge in [-0.1, -0.05) is 30.3 Å². The van der Waals surface area contributed by atoms with Gasteiger partial charge in [-0.3, -0.25) is 0 Å². The van der Waals surface area contributed by atoms with E-state index >= 15 is 0 Å². The summed E-state index contributed by atoms with van der Waals surface area (Å²) in [5, 5.41) is 15.2. The number of aromatic nitrogens is 1. The Kier molecular flexibility index (Phi) is 6.86. The van der Waals surface area contributed by atoms with Crippen molar-refractivity contribution in [3.8, 4) is 6.07 Å². The predicted octanol–water partition coefficient (Wildman–Crippen LogP) is 2.37. The molecule has 156 valence electrons. The van der Waals surface area contributed by atoms with Crippen LogP contribution in [-0.2, 0) is 11.3 Å². The molecule has 0 spiro atoms. The normalized spacial score (nSPS) is 13.2. The SMILES string of the molecule is CCOC(=O)c1cc(C#N)c(N2CC(CNC(=O)NCc3ccccc3)C2)nc1C. The second-order valence-corrected chi connectivity index (χ2v) is 7.14. The molecule has 0 radical (unpaired) electrons. The van der Waals surface area contributed by atoms with Gasteiger partial charge in [-0.2, -0.15) is 5.26 Å². The van der Waals surface area contributed by atoms with E-state index in [1.807, 2.05) is 35.2 Å². The highest BCUT2D eigenvalue weighted by Gasteiger charge is 2.30. The molecule has 0 bridgehead atoms. The summed E-state index contributed by atoms with van der Waals surface area (Å²) in [6, 6.07) is 13.2. The molecule has 1 saturated heterocycles. The monoisotopic (exact) mass is 407 g/mol. The van der Waals surface area contributed by atoms with Gasteiger partial charge >= 0.3 is 12.0 Å². The summed E-state index contributed by atoms with van der Waals surface area (Å²) >= 11 is 0. The Hall–Kier alpha value is -3.60. The molecule has 2 heterocycles. The molecule has 30 heavy (non-hydrogen) atoms. The number of nitrogens with one attached hydrogen (secondary N) is 2. The summed E-state index contributed by atoms with van der Waals surface area (Å²) in [7, 11) is 0. The Bertz CT molecular complexity index is 949. The van der Waals surface area contributed by atoms with Crippen LogP contribution in [0.5, 0.6) is 0 Å². The minimum atomic E-state index is -0.474. The number of carbonyl (C=O) groups is 2. The van der Waals surface area contributed by atoms with E-state index in [0.717, 1.165) is 5.56 Å². The van der Waals surface area contributed by atoms with Crippen molar-refractivity contribution in [2.45, 2.75) is 20.4 Å². The van der Waals surface area contributed by atoms with E-state index in [4.69, 9.17) is 4.74 Å². The molecule has 0 atom stereocenters. The topological polar surface area (TPSA) is 107 Å². The maximum atomic E-state index is 12.0. The van der Waals surface area contributed by atoms with E-state index in [0.29, 0.717) is 48.8 Å². The molecule has 1 aliphatic heterocycles. The second kappa shape index (κ2) is 9.74. The lowest BCUT2D eigenvalue weighted by Crippen LogP contribution is -2.53. The highest BCUT2D eigenvalue weighted by Crippen LogP contribution is 2.27. The van der Waals surface area contributed by atoms with Crippen LogP contribution in [0.4, 0.5) is 10.6 Å². The molecule has 0 unspecified atom stereocenters. The fourth-order valence-electron chi connectivity index (χ4n) is 3.28. The molecule has 0 aliphatic carbocycles. The standard InChI is InChI=1S/C22H25N5O3/c1-3-30-21(28)19-9-18(10-23)20(26-15(19)2)27-13-17(14-27)12-25-22(29)24-11-16-7-5-4-6-8-16/h4-9,17H,3,11-14H2,1-2H3,(H2,24,25,29). The lowest BCUT2D eigenvalue weighted by atomic mass is 9.99. The molecule has 8 nitrogen and oxygen atoms in total. The first-order valence-corrected chi connectivity index (χ1v) is 9.91. The zero-order chi connectivity index (χ0) is 21.5. The van der Waals surface area contributed by atoms with Crippen molar-refractivity contribution in [1.82, 2.24) is 15.6 Å². The smallest absolute Gasteiger partial charge is 0.340 e. The molecule has 2 amide bonds. The van der Waals surface area contributed by atoms with Gasteiger partial charge in [0.25, 0.3) is 0 Å². The second-order valence-electron chi connectivity index (χ2n) is 7.14. The maximum Gasteiger partial charge on any atom is 0.340 e. The lowest BCUT2D eigenvalue weighted by Gasteiger charge is -2.40. The van der Waals surface area contributed by atoms with Crippen LogP contribution >= 0.6 is 0 Å². The molecule has 8 heteroatoms. The number of rotatable bonds is 7. The Morgan fingerprint density at radius 3 is 2.67 bits per heavy atom. The number of hydrogen-bond donors (Lipinski definition) is 2. The number of urea groups is 1. The van der Waals surface area contributed by atoms with Crippen molar-refractivity contribution in [2.24, 2.45) is 5.92 Å². The third kappa shape index (κ3) is 5.06. The Morgan fingerprint density at radius 2 is 2.00 bits per heavy atom. The Balaban J connectivity index is 1.50. The number of nitrogens with zero attached hydrogens (tertiary/aromatic N) is 3. The number of hydrogen-bond acceptors (Lipinski definition) is 6. The van der Waals surface area contributed by atoms with Crippen LogP contribution in [0.1, 0.15) is 34.1 Å². The number of benzene rings is 1. The first-order chi connectivity index (χ1) is 14.5. The van der Waals surface area contributed by atoms with Crippen molar-refractivity contribution < 1.29 is 14.3 Å². The largest absolute Gasteiger partial charge is 0.462 e. The van der Waals surface area contributed by atoms with Crippen LogP contribution in [0, 0.1) is 24.2 Å². The van der Waals surface area contributed by atoms with E-state index in [1.54, 1.807) is 13.8 Å². The van der Waals surface area contributed by atoms with Gasteiger partial charge in [0.2, 0.25) is 0 Å². The van der Waals surface area contributed by atoms with E-state index in [2.05, 4.69) is 21.7 Å². The van der Waals surface area contributed by atoms with Gasteiger partial charge in [-0.15, -0.1) is 0 Å². The summed E-state index contributed by atoms with van der Waals surface area (Å²) in [6.07, 6.45) is 0. The van der Waals surface area contributed by atoms with Gasteiger partial charge in [0.05, 0.1) is 23.4 Å². The molecule has 2 aromatic rings. The van der Waals surface area contributed by atoms with Gasteiger partial charge in [0.15, 0.2) is 0 Å². The molecule has 1 aromatic heterocycles. The fraction of sp³-hybridized carbons (Fsp3) is 0.364. The predicted molar refractivity (Wildman–Crippen MR) is 112 cm³/mol. The van der Waals surface area contributed by atoms with E-state index in [1.165, 1.54) is 6.07 Å². The average Bonchev–Trinajstić information content (AvgIpc) is 2.72. The number of ether oxygens (including phenoxy) is 1. The third-order valence-electron chi connectivity index (χ3n) is 4.91. The van der Waals surface area contributed by atoms with Crippen LogP contribution in [0.25, 0.3) is 0 Å². The molecule has 3 rings (SSSR count). The van der Waals surface area contributed by atoms with Crippen LogP contribution in [0.3, 0.4) is 0 Å². The number of anilines is 1. The fourth-order valence-corrected chi connectivity index (χ4v) is 3.28. The molecule has 1 aliphatic rings. The summed E-state index contributed by atoms with van der Waals surface area (Å²) in [5.41, 5.74) is 2.23. The Morgan fingerprint density at radius 1 is 1.27 bits per heavy atom. The van der Waals surface area contributed by atoms with Gasteiger partial charge in [-0.25, -0.2) is 14.6 Å². The molecule has 1 fully saturated rings. The highest BCUT2D eigenvalue weighted by molar-refractivity contribution is 5.91. The van der Waals surface area contributed by atoms with Crippen LogP contribution in [0.2, 0.25) is 0 Å². The number of aryl methyl sites for hydroxylation is 1. The quantitative estimate of drug-likeness (QED) is 0.683. The lowest BCUT2D eigenvalue weighted by molar-refractivity contribution is 0.0525. The molecular formula is C22H25N5O3. The van der Waals surface area contributed by atoms with E-state index in [-0.39, 0.29) is 18.6 Å². The third-order valence-corrected chi connectivity index (χ3v) is 4.91. The van der Waals surface area contributed by atoms with Crippen molar-refractivity contribution >= 4 is 17.8 Å². The van der Waals surface area contributed by atoms with E-state index in [9.17, 15) is 14.9 Å². The van der Waals surface area contributed by atoms with Crippen LogP contribution in [-0.4, -0.2) is 43.2 Å². The van der Waals surface area contributed by atoms with Crippen LogP contribution < -0.4 is 15.5 Å². The zero-order valence-corrected chi connectivity index (χ0v) is 17.1. The minimum absolute atomic E-state index is 0.206. The zero-order valence-electron chi connectivity index (χ0n) is 17.1. The summed E-state index contributed by atoms with van der Waals surface area (Å²) in [6.45, 7) is 6.10. The summed E-state index contributed by atoms with van der Waals surface area (Å²) in [4.78, 5) is 30.4.